The topological polar surface area (TPSA) is 69.2 Å². The van der Waals surface area contributed by atoms with E-state index in [1.165, 1.54) is 31.2 Å². The minimum absolute atomic E-state index is 0.280. The van der Waals surface area contributed by atoms with Gasteiger partial charge in [0.25, 0.3) is 0 Å². The van der Waals surface area contributed by atoms with E-state index in [2.05, 4.69) is 9.97 Å². The molecule has 132 valence electrons. The van der Waals surface area contributed by atoms with Gasteiger partial charge in [-0.3, -0.25) is 4.79 Å². The largest absolute Gasteiger partial charge is 0.451 e. The van der Waals surface area contributed by atoms with Crippen molar-refractivity contribution in [3.63, 3.8) is 0 Å². The fourth-order valence-electron chi connectivity index (χ4n) is 2.49. The third-order valence-electron chi connectivity index (χ3n) is 4.09. The Balaban J connectivity index is 1.78. The van der Waals surface area contributed by atoms with Crippen molar-refractivity contribution in [3.8, 4) is 0 Å². The van der Waals surface area contributed by atoms with Gasteiger partial charge in [-0.2, -0.15) is 0 Å². The van der Waals surface area contributed by atoms with Crippen molar-refractivity contribution in [3.05, 3.63) is 70.8 Å². The highest BCUT2D eigenvalue weighted by atomic mass is 19.1. The lowest BCUT2D eigenvalue weighted by Crippen LogP contribution is -2.24. The summed E-state index contributed by atoms with van der Waals surface area (Å²) in [6, 6.07) is 9.97. The number of carbonyl (C=O) groups is 2. The highest BCUT2D eigenvalue weighted by molar-refractivity contribution is 6.01. The maximum absolute atomic E-state index is 13.0. The number of hydrogen-bond donors (Lipinski definition) is 0. The SMILES string of the molecule is Cc1nc2ccc(C(=O)OC(C)C(=O)c3ccc(F)cc3)cc2nc1C. The second-order valence-corrected chi connectivity index (χ2v) is 6.02. The van der Waals surface area contributed by atoms with Gasteiger partial charge in [0.05, 0.1) is 28.0 Å². The maximum Gasteiger partial charge on any atom is 0.338 e. The molecule has 0 aliphatic heterocycles. The van der Waals surface area contributed by atoms with E-state index in [0.29, 0.717) is 11.0 Å². The molecule has 1 unspecified atom stereocenters. The Morgan fingerprint density at radius 3 is 2.15 bits per heavy atom. The highest BCUT2D eigenvalue weighted by Crippen LogP contribution is 2.16. The quantitative estimate of drug-likeness (QED) is 0.527. The van der Waals surface area contributed by atoms with E-state index in [4.69, 9.17) is 4.74 Å². The van der Waals surface area contributed by atoms with Crippen molar-refractivity contribution >= 4 is 22.8 Å². The number of carbonyl (C=O) groups excluding carboxylic acids is 2. The van der Waals surface area contributed by atoms with E-state index in [9.17, 15) is 14.0 Å². The first kappa shape index (κ1) is 17.7. The summed E-state index contributed by atoms with van der Waals surface area (Å²) in [6.07, 6.45) is -0.991. The number of nitrogens with zero attached hydrogens (tertiary/aromatic N) is 2. The Hall–Kier alpha value is -3.15. The van der Waals surface area contributed by atoms with Crippen molar-refractivity contribution in [2.24, 2.45) is 0 Å². The number of hydrogen-bond acceptors (Lipinski definition) is 5. The fourth-order valence-corrected chi connectivity index (χ4v) is 2.49. The molecular formula is C20H17FN2O3. The van der Waals surface area contributed by atoms with Crippen LogP contribution in [0.15, 0.2) is 42.5 Å². The van der Waals surface area contributed by atoms with Crippen molar-refractivity contribution in [2.75, 3.05) is 0 Å². The van der Waals surface area contributed by atoms with Gasteiger partial charge in [-0.15, -0.1) is 0 Å². The summed E-state index contributed by atoms with van der Waals surface area (Å²) in [7, 11) is 0. The zero-order valence-corrected chi connectivity index (χ0v) is 14.6. The number of ether oxygens (including phenoxy) is 1. The molecule has 0 radical (unpaired) electrons. The molecule has 0 fully saturated rings. The number of halogens is 1. The van der Waals surface area contributed by atoms with Crippen LogP contribution in [0, 0.1) is 19.7 Å². The first-order valence-corrected chi connectivity index (χ1v) is 8.11. The molecule has 26 heavy (non-hydrogen) atoms. The third kappa shape index (κ3) is 3.59. The molecular weight excluding hydrogens is 335 g/mol. The molecule has 0 aliphatic rings. The molecule has 0 spiro atoms. The third-order valence-corrected chi connectivity index (χ3v) is 4.09. The summed E-state index contributed by atoms with van der Waals surface area (Å²) in [5.74, 6) is -1.46. The van der Waals surface area contributed by atoms with Crippen LogP contribution in [-0.4, -0.2) is 27.8 Å². The number of ketones is 1. The molecule has 0 amide bonds. The van der Waals surface area contributed by atoms with E-state index in [1.54, 1.807) is 18.2 Å². The Kier molecular flexibility index (Phi) is 4.75. The van der Waals surface area contributed by atoms with Crippen molar-refractivity contribution in [1.82, 2.24) is 9.97 Å². The average Bonchev–Trinajstić information content (AvgIpc) is 2.62. The van der Waals surface area contributed by atoms with Crippen LogP contribution in [0.1, 0.15) is 39.0 Å². The molecule has 2 aromatic carbocycles. The number of aromatic nitrogens is 2. The van der Waals surface area contributed by atoms with Gasteiger partial charge in [0.1, 0.15) is 5.82 Å². The van der Waals surface area contributed by atoms with E-state index < -0.39 is 23.7 Å². The molecule has 0 N–H and O–H groups in total. The van der Waals surface area contributed by atoms with Crippen molar-refractivity contribution < 1.29 is 18.7 Å². The predicted octanol–water partition coefficient (Wildman–Crippen LogP) is 3.81. The van der Waals surface area contributed by atoms with Gasteiger partial charge in [0.2, 0.25) is 5.78 Å². The Morgan fingerprint density at radius 2 is 1.50 bits per heavy atom. The van der Waals surface area contributed by atoms with Gasteiger partial charge in [0, 0.05) is 5.56 Å². The summed E-state index contributed by atoms with van der Waals surface area (Å²) in [5.41, 5.74) is 3.44. The molecule has 1 heterocycles. The lowest BCUT2D eigenvalue weighted by atomic mass is 10.1. The minimum atomic E-state index is -0.991. The fraction of sp³-hybridized carbons (Fsp3) is 0.200. The van der Waals surface area contributed by atoms with Crippen LogP contribution < -0.4 is 0 Å². The van der Waals surface area contributed by atoms with Crippen LogP contribution >= 0.6 is 0 Å². The molecule has 6 heteroatoms. The lowest BCUT2D eigenvalue weighted by Gasteiger charge is -2.13. The molecule has 5 nitrogen and oxygen atoms in total. The molecule has 0 saturated heterocycles. The van der Waals surface area contributed by atoms with E-state index >= 15 is 0 Å². The monoisotopic (exact) mass is 352 g/mol. The average molecular weight is 352 g/mol. The molecule has 0 saturated carbocycles. The van der Waals surface area contributed by atoms with Gasteiger partial charge in [-0.05, 0) is 63.2 Å². The summed E-state index contributed by atoms with van der Waals surface area (Å²) in [4.78, 5) is 33.5. The zero-order chi connectivity index (χ0) is 18.8. The van der Waals surface area contributed by atoms with Crippen molar-refractivity contribution in [2.45, 2.75) is 26.9 Å². The Labute approximate surface area is 149 Å². The van der Waals surface area contributed by atoms with Crippen LogP contribution in [0.2, 0.25) is 0 Å². The smallest absolute Gasteiger partial charge is 0.338 e. The number of fused-ring (bicyclic) bond motifs is 1. The second kappa shape index (κ2) is 7.00. The summed E-state index contributed by atoms with van der Waals surface area (Å²) >= 11 is 0. The van der Waals surface area contributed by atoms with E-state index in [0.717, 1.165) is 11.4 Å². The van der Waals surface area contributed by atoms with Crippen LogP contribution in [0.25, 0.3) is 11.0 Å². The summed E-state index contributed by atoms with van der Waals surface area (Å²) in [6.45, 7) is 5.20. The zero-order valence-electron chi connectivity index (χ0n) is 14.6. The van der Waals surface area contributed by atoms with Crippen molar-refractivity contribution in [1.29, 1.82) is 0 Å². The normalized spacial score (nSPS) is 12.0. The van der Waals surface area contributed by atoms with Gasteiger partial charge >= 0.3 is 5.97 Å². The highest BCUT2D eigenvalue weighted by Gasteiger charge is 2.21. The number of aryl methyl sites for hydroxylation is 2. The first-order valence-electron chi connectivity index (χ1n) is 8.11. The van der Waals surface area contributed by atoms with Crippen LogP contribution in [0.5, 0.6) is 0 Å². The number of rotatable bonds is 4. The molecule has 3 aromatic rings. The molecule has 1 atom stereocenters. The molecule has 0 bridgehead atoms. The number of benzene rings is 2. The van der Waals surface area contributed by atoms with Crippen LogP contribution in [-0.2, 0) is 4.74 Å². The molecule has 0 aliphatic carbocycles. The molecule has 1 aromatic heterocycles. The van der Waals surface area contributed by atoms with Gasteiger partial charge in [-0.25, -0.2) is 19.2 Å². The lowest BCUT2D eigenvalue weighted by molar-refractivity contribution is 0.0319. The van der Waals surface area contributed by atoms with Gasteiger partial charge < -0.3 is 4.74 Å². The van der Waals surface area contributed by atoms with Crippen LogP contribution in [0.4, 0.5) is 4.39 Å². The summed E-state index contributed by atoms with van der Waals surface area (Å²) in [5, 5.41) is 0. The Bertz CT molecular complexity index is 1000. The van der Waals surface area contributed by atoms with E-state index in [-0.39, 0.29) is 11.1 Å². The molecule has 3 rings (SSSR count). The minimum Gasteiger partial charge on any atom is -0.451 e. The van der Waals surface area contributed by atoms with Crippen LogP contribution in [0.3, 0.4) is 0 Å². The second-order valence-electron chi connectivity index (χ2n) is 6.02. The summed E-state index contributed by atoms with van der Waals surface area (Å²) < 4.78 is 18.2. The predicted molar refractivity (Wildman–Crippen MR) is 94.6 cm³/mol. The maximum atomic E-state index is 13.0. The van der Waals surface area contributed by atoms with E-state index in [1.807, 2.05) is 13.8 Å². The first-order chi connectivity index (χ1) is 12.3. The number of esters is 1. The van der Waals surface area contributed by atoms with Gasteiger partial charge in [0.15, 0.2) is 6.10 Å². The van der Waals surface area contributed by atoms with Gasteiger partial charge in [-0.1, -0.05) is 0 Å². The number of Topliss-reactive ketones (excluding diaryl/α,β-unsaturated/α-hetero) is 1. The Morgan fingerprint density at radius 1 is 0.923 bits per heavy atom. The standard InChI is InChI=1S/C20H17FN2O3/c1-11-12(2)23-18-10-15(6-9-17(18)22-11)20(25)26-13(3)19(24)14-4-7-16(21)8-5-14/h4-10,13H,1-3H3.